The first-order valence-electron chi connectivity index (χ1n) is 5.64. The molecule has 5 nitrogen and oxygen atoms in total. The van der Waals surface area contributed by atoms with E-state index >= 15 is 0 Å². The molecule has 0 aromatic rings. The molecule has 0 aromatic heterocycles. The molecule has 0 amide bonds. The van der Waals surface area contributed by atoms with E-state index < -0.39 is 9.84 Å². The van der Waals surface area contributed by atoms with E-state index in [1.54, 1.807) is 24.8 Å². The van der Waals surface area contributed by atoms with E-state index in [9.17, 15) is 13.2 Å². The van der Waals surface area contributed by atoms with Crippen LogP contribution in [-0.4, -0.2) is 57.0 Å². The van der Waals surface area contributed by atoms with Crippen LogP contribution in [0.3, 0.4) is 0 Å². The summed E-state index contributed by atoms with van der Waals surface area (Å²) in [6, 6.07) is 0. The SMILES string of the molecule is C=CCN(CCS(=O)(=O)CC)CC(=O)OCC. The molecule has 0 heterocycles. The van der Waals surface area contributed by atoms with E-state index in [0.717, 1.165) is 0 Å². The predicted molar refractivity (Wildman–Crippen MR) is 67.6 cm³/mol. The molecule has 0 atom stereocenters. The lowest BCUT2D eigenvalue weighted by Crippen LogP contribution is -2.35. The number of carbonyl (C=O) groups is 1. The van der Waals surface area contributed by atoms with Gasteiger partial charge in [0.15, 0.2) is 9.84 Å². The summed E-state index contributed by atoms with van der Waals surface area (Å²) in [5.41, 5.74) is 0. The molecule has 0 radical (unpaired) electrons. The monoisotopic (exact) mass is 263 g/mol. The highest BCUT2D eigenvalue weighted by Gasteiger charge is 2.14. The highest BCUT2D eigenvalue weighted by Crippen LogP contribution is 1.96. The molecule has 0 N–H and O–H groups in total. The molecule has 0 rings (SSSR count). The number of sulfone groups is 1. The average Bonchev–Trinajstić information content (AvgIpc) is 2.27. The van der Waals surface area contributed by atoms with Gasteiger partial charge in [0.2, 0.25) is 0 Å². The van der Waals surface area contributed by atoms with Gasteiger partial charge in [0, 0.05) is 18.8 Å². The molecule has 0 fully saturated rings. The summed E-state index contributed by atoms with van der Waals surface area (Å²) >= 11 is 0. The van der Waals surface area contributed by atoms with Gasteiger partial charge in [0.25, 0.3) is 0 Å². The van der Waals surface area contributed by atoms with Crippen LogP contribution in [0.1, 0.15) is 13.8 Å². The van der Waals surface area contributed by atoms with E-state index in [4.69, 9.17) is 4.74 Å². The summed E-state index contributed by atoms with van der Waals surface area (Å²) < 4.78 is 27.5. The lowest BCUT2D eigenvalue weighted by atomic mass is 10.4. The number of esters is 1. The topological polar surface area (TPSA) is 63.7 Å². The van der Waals surface area contributed by atoms with Gasteiger partial charge in [0.05, 0.1) is 18.9 Å². The fourth-order valence-corrected chi connectivity index (χ4v) is 2.04. The van der Waals surface area contributed by atoms with E-state index in [2.05, 4.69) is 6.58 Å². The summed E-state index contributed by atoms with van der Waals surface area (Å²) in [5, 5.41) is 0. The van der Waals surface area contributed by atoms with Crippen LogP contribution < -0.4 is 0 Å². The van der Waals surface area contributed by atoms with Gasteiger partial charge >= 0.3 is 5.97 Å². The maximum atomic E-state index is 11.4. The summed E-state index contributed by atoms with van der Waals surface area (Å²) in [5.74, 6) is -0.173. The van der Waals surface area contributed by atoms with E-state index in [-0.39, 0.29) is 24.0 Å². The predicted octanol–water partition coefficient (Wildman–Crippen LogP) is 0.472. The van der Waals surface area contributed by atoms with E-state index in [1.807, 2.05) is 0 Å². The third-order valence-corrected chi connectivity index (χ3v) is 3.89. The van der Waals surface area contributed by atoms with Crippen molar-refractivity contribution < 1.29 is 17.9 Å². The third kappa shape index (κ3) is 7.93. The van der Waals surface area contributed by atoms with Gasteiger partial charge in [-0.1, -0.05) is 13.0 Å². The fraction of sp³-hybridized carbons (Fsp3) is 0.727. The number of carbonyl (C=O) groups excluding carboxylic acids is 1. The van der Waals surface area contributed by atoms with E-state index in [0.29, 0.717) is 19.7 Å². The number of hydrogen-bond donors (Lipinski definition) is 0. The van der Waals surface area contributed by atoms with Crippen molar-refractivity contribution in [2.75, 3.05) is 37.7 Å². The lowest BCUT2D eigenvalue weighted by Gasteiger charge is -2.19. The highest BCUT2D eigenvalue weighted by molar-refractivity contribution is 7.91. The second kappa shape index (κ2) is 8.25. The van der Waals surface area contributed by atoms with Crippen LogP contribution >= 0.6 is 0 Å². The Morgan fingerprint density at radius 3 is 2.53 bits per heavy atom. The van der Waals surface area contributed by atoms with Crippen LogP contribution in [-0.2, 0) is 19.4 Å². The summed E-state index contributed by atoms with van der Waals surface area (Å²) in [6.45, 7) is 8.13. The average molecular weight is 263 g/mol. The van der Waals surface area contributed by atoms with Crippen molar-refractivity contribution in [1.29, 1.82) is 0 Å². The van der Waals surface area contributed by atoms with Crippen molar-refractivity contribution in [2.24, 2.45) is 0 Å². The van der Waals surface area contributed by atoms with Crippen LogP contribution in [0.4, 0.5) is 0 Å². The minimum absolute atomic E-state index is 0.0523. The molecule has 0 aliphatic heterocycles. The minimum Gasteiger partial charge on any atom is -0.465 e. The summed E-state index contributed by atoms with van der Waals surface area (Å²) in [7, 11) is -3.01. The summed E-state index contributed by atoms with van der Waals surface area (Å²) in [4.78, 5) is 13.0. The van der Waals surface area contributed by atoms with Gasteiger partial charge in [-0.2, -0.15) is 0 Å². The van der Waals surface area contributed by atoms with Gasteiger partial charge in [0.1, 0.15) is 0 Å². The molecule has 0 aromatic carbocycles. The molecule has 6 heteroatoms. The van der Waals surface area contributed by atoms with Gasteiger partial charge in [-0.05, 0) is 6.92 Å². The highest BCUT2D eigenvalue weighted by atomic mass is 32.2. The maximum Gasteiger partial charge on any atom is 0.320 e. The Hall–Kier alpha value is -0.880. The number of hydrogen-bond acceptors (Lipinski definition) is 5. The largest absolute Gasteiger partial charge is 0.465 e. The van der Waals surface area contributed by atoms with Gasteiger partial charge in [-0.3, -0.25) is 9.69 Å². The Morgan fingerprint density at radius 1 is 1.41 bits per heavy atom. The molecular formula is C11H21NO4S. The first-order valence-corrected chi connectivity index (χ1v) is 7.46. The van der Waals surface area contributed by atoms with Gasteiger partial charge < -0.3 is 4.74 Å². The Morgan fingerprint density at radius 2 is 2.06 bits per heavy atom. The second-order valence-corrected chi connectivity index (χ2v) is 6.04. The molecule has 17 heavy (non-hydrogen) atoms. The zero-order chi connectivity index (χ0) is 13.3. The Kier molecular flexibility index (Phi) is 7.82. The molecule has 0 aliphatic rings. The number of ether oxygens (including phenoxy) is 1. The van der Waals surface area contributed by atoms with Crippen molar-refractivity contribution in [3.8, 4) is 0 Å². The van der Waals surface area contributed by atoms with Crippen LogP contribution in [0.2, 0.25) is 0 Å². The minimum atomic E-state index is -3.01. The normalized spacial score (nSPS) is 11.5. The molecule has 0 bridgehead atoms. The molecule has 100 valence electrons. The fourth-order valence-electron chi connectivity index (χ4n) is 1.22. The van der Waals surface area contributed by atoms with Crippen molar-refractivity contribution in [1.82, 2.24) is 4.90 Å². The lowest BCUT2D eigenvalue weighted by molar-refractivity contribution is -0.144. The van der Waals surface area contributed by atoms with Crippen molar-refractivity contribution in [3.63, 3.8) is 0 Å². The molecule has 0 spiro atoms. The zero-order valence-corrected chi connectivity index (χ0v) is 11.3. The first kappa shape index (κ1) is 16.1. The van der Waals surface area contributed by atoms with E-state index in [1.165, 1.54) is 0 Å². The standard InChI is InChI=1S/C11H21NO4S/c1-4-7-12(10-11(13)16-5-2)8-9-17(14,15)6-3/h4H,1,5-10H2,2-3H3. The Labute approximate surface area is 103 Å². The first-order chi connectivity index (χ1) is 7.95. The van der Waals surface area contributed by atoms with Crippen LogP contribution in [0.15, 0.2) is 12.7 Å². The van der Waals surface area contributed by atoms with Crippen molar-refractivity contribution in [2.45, 2.75) is 13.8 Å². The second-order valence-electron chi connectivity index (χ2n) is 3.57. The smallest absolute Gasteiger partial charge is 0.320 e. The zero-order valence-electron chi connectivity index (χ0n) is 10.5. The van der Waals surface area contributed by atoms with Crippen LogP contribution in [0.25, 0.3) is 0 Å². The molecule has 0 saturated heterocycles. The quantitative estimate of drug-likeness (QED) is 0.447. The third-order valence-electron chi connectivity index (χ3n) is 2.20. The molecule has 0 unspecified atom stereocenters. The van der Waals surface area contributed by atoms with Crippen molar-refractivity contribution in [3.05, 3.63) is 12.7 Å². The Bertz CT molecular complexity index is 337. The molecule has 0 aliphatic carbocycles. The number of nitrogens with zero attached hydrogens (tertiary/aromatic N) is 1. The maximum absolute atomic E-state index is 11.4. The summed E-state index contributed by atoms with van der Waals surface area (Å²) in [6.07, 6.45) is 1.64. The molecule has 0 saturated carbocycles. The Balaban J connectivity index is 4.24. The van der Waals surface area contributed by atoms with Crippen molar-refractivity contribution >= 4 is 15.8 Å². The van der Waals surface area contributed by atoms with Crippen LogP contribution in [0, 0.1) is 0 Å². The van der Waals surface area contributed by atoms with Gasteiger partial charge in [-0.25, -0.2) is 8.42 Å². The number of rotatable bonds is 9. The van der Waals surface area contributed by atoms with Crippen LogP contribution in [0.5, 0.6) is 0 Å². The van der Waals surface area contributed by atoms with Gasteiger partial charge in [-0.15, -0.1) is 6.58 Å². The molecular weight excluding hydrogens is 242 g/mol.